The molecule has 2 rings (SSSR count). The third-order valence-corrected chi connectivity index (χ3v) is 3.28. The Kier molecular flexibility index (Phi) is 4.74. The van der Waals surface area contributed by atoms with Crippen molar-refractivity contribution in [3.05, 3.63) is 70.5 Å². The molecular formula is C16H15ClFNO. The van der Waals surface area contributed by atoms with Crippen LogP contribution >= 0.6 is 11.6 Å². The van der Waals surface area contributed by atoms with E-state index in [9.17, 15) is 9.18 Å². The molecule has 0 aromatic heterocycles. The van der Waals surface area contributed by atoms with Gasteiger partial charge in [0, 0.05) is 12.4 Å². The quantitative estimate of drug-likeness (QED) is 0.853. The van der Waals surface area contributed by atoms with Crippen molar-refractivity contribution in [2.75, 3.05) is 0 Å². The monoisotopic (exact) mass is 291 g/mol. The number of halogens is 2. The molecular weight excluding hydrogens is 277 g/mol. The average molecular weight is 292 g/mol. The number of alkyl halides is 1. The van der Waals surface area contributed by atoms with Crippen LogP contribution in [0.4, 0.5) is 4.39 Å². The van der Waals surface area contributed by atoms with Gasteiger partial charge >= 0.3 is 0 Å². The molecule has 0 aliphatic rings. The highest BCUT2D eigenvalue weighted by molar-refractivity contribution is 6.17. The molecule has 0 radical (unpaired) electrons. The zero-order valence-electron chi connectivity index (χ0n) is 11.1. The Balaban J connectivity index is 2.04. The van der Waals surface area contributed by atoms with Gasteiger partial charge in [-0.15, -0.1) is 11.6 Å². The summed E-state index contributed by atoms with van der Waals surface area (Å²) in [4.78, 5) is 11.9. The summed E-state index contributed by atoms with van der Waals surface area (Å²) in [7, 11) is 0. The fourth-order valence-corrected chi connectivity index (χ4v) is 2.07. The van der Waals surface area contributed by atoms with Gasteiger partial charge in [-0.1, -0.05) is 30.3 Å². The summed E-state index contributed by atoms with van der Waals surface area (Å²) in [5.74, 6) is -0.496. The van der Waals surface area contributed by atoms with Gasteiger partial charge in [0.2, 0.25) is 0 Å². The first-order valence-electron chi connectivity index (χ1n) is 6.28. The Labute approximate surface area is 122 Å². The highest BCUT2D eigenvalue weighted by Gasteiger charge is 2.11. The lowest BCUT2D eigenvalue weighted by atomic mass is 10.1. The van der Waals surface area contributed by atoms with E-state index in [1.807, 2.05) is 24.3 Å². The molecule has 1 amide bonds. The molecule has 0 aliphatic carbocycles. The van der Waals surface area contributed by atoms with Gasteiger partial charge < -0.3 is 5.32 Å². The van der Waals surface area contributed by atoms with Gasteiger partial charge in [-0.25, -0.2) is 4.39 Å². The number of carbonyl (C=O) groups excluding carboxylic acids is 1. The lowest BCUT2D eigenvalue weighted by molar-refractivity contribution is 0.0947. The molecule has 2 aromatic rings. The Morgan fingerprint density at radius 1 is 1.20 bits per heavy atom. The van der Waals surface area contributed by atoms with Crippen molar-refractivity contribution in [3.8, 4) is 0 Å². The van der Waals surface area contributed by atoms with Crippen LogP contribution in [0.25, 0.3) is 0 Å². The maximum atomic E-state index is 13.7. The minimum Gasteiger partial charge on any atom is -0.348 e. The first-order valence-corrected chi connectivity index (χ1v) is 6.81. The zero-order valence-corrected chi connectivity index (χ0v) is 11.9. The second-order valence-corrected chi connectivity index (χ2v) is 4.89. The van der Waals surface area contributed by atoms with E-state index in [2.05, 4.69) is 5.32 Å². The zero-order chi connectivity index (χ0) is 14.5. The maximum Gasteiger partial charge on any atom is 0.254 e. The molecule has 0 heterocycles. The van der Waals surface area contributed by atoms with Crippen LogP contribution in [0.2, 0.25) is 0 Å². The molecule has 2 aromatic carbocycles. The van der Waals surface area contributed by atoms with E-state index in [4.69, 9.17) is 11.6 Å². The van der Waals surface area contributed by atoms with Gasteiger partial charge in [0.05, 0.1) is 5.56 Å². The molecule has 0 saturated carbocycles. The second kappa shape index (κ2) is 6.53. The molecule has 1 N–H and O–H groups in total. The van der Waals surface area contributed by atoms with E-state index in [1.165, 1.54) is 12.1 Å². The van der Waals surface area contributed by atoms with Crippen LogP contribution in [0.5, 0.6) is 0 Å². The van der Waals surface area contributed by atoms with E-state index < -0.39 is 11.7 Å². The standard InChI is InChI=1S/C16H15ClFNO/c1-11-5-6-14(15(18)7-11)16(20)19-10-13-4-2-3-12(8-13)9-17/h2-8H,9-10H2,1H3,(H,19,20). The van der Waals surface area contributed by atoms with E-state index in [1.54, 1.807) is 13.0 Å². The topological polar surface area (TPSA) is 29.1 Å². The number of nitrogens with one attached hydrogen (secondary N) is 1. The summed E-state index contributed by atoms with van der Waals surface area (Å²) < 4.78 is 13.7. The highest BCUT2D eigenvalue weighted by Crippen LogP contribution is 2.11. The van der Waals surface area contributed by atoms with Crippen LogP contribution in [0.1, 0.15) is 27.0 Å². The predicted octanol–water partition coefficient (Wildman–Crippen LogP) is 3.80. The molecule has 0 fully saturated rings. The van der Waals surface area contributed by atoms with Gasteiger partial charge in [0.25, 0.3) is 5.91 Å². The molecule has 0 unspecified atom stereocenters. The minimum absolute atomic E-state index is 0.0593. The molecule has 0 saturated heterocycles. The summed E-state index contributed by atoms with van der Waals surface area (Å²) in [5.41, 5.74) is 2.77. The highest BCUT2D eigenvalue weighted by atomic mass is 35.5. The Morgan fingerprint density at radius 3 is 2.65 bits per heavy atom. The molecule has 2 nitrogen and oxygen atoms in total. The average Bonchev–Trinajstić information content (AvgIpc) is 2.45. The lowest BCUT2D eigenvalue weighted by Gasteiger charge is -2.07. The number of carbonyl (C=O) groups is 1. The predicted molar refractivity (Wildman–Crippen MR) is 78.3 cm³/mol. The van der Waals surface area contributed by atoms with Gasteiger partial charge in [0.15, 0.2) is 0 Å². The van der Waals surface area contributed by atoms with Gasteiger partial charge in [0.1, 0.15) is 5.82 Å². The molecule has 0 spiro atoms. The normalized spacial score (nSPS) is 10.3. The van der Waals surface area contributed by atoms with Crippen molar-refractivity contribution in [2.45, 2.75) is 19.3 Å². The first-order chi connectivity index (χ1) is 9.60. The van der Waals surface area contributed by atoms with Gasteiger partial charge in [-0.05, 0) is 35.7 Å². The first kappa shape index (κ1) is 14.5. The molecule has 4 heteroatoms. The van der Waals surface area contributed by atoms with Crippen LogP contribution in [-0.2, 0) is 12.4 Å². The van der Waals surface area contributed by atoms with Crippen molar-refractivity contribution < 1.29 is 9.18 Å². The SMILES string of the molecule is Cc1ccc(C(=O)NCc2cccc(CCl)c2)c(F)c1. The number of benzene rings is 2. The van der Waals surface area contributed by atoms with E-state index in [0.29, 0.717) is 12.4 Å². The Hall–Kier alpha value is -1.87. The number of amides is 1. The molecule has 20 heavy (non-hydrogen) atoms. The summed E-state index contributed by atoms with van der Waals surface area (Å²) >= 11 is 5.76. The van der Waals surface area contributed by atoms with Crippen molar-refractivity contribution in [1.82, 2.24) is 5.32 Å². The maximum absolute atomic E-state index is 13.7. The van der Waals surface area contributed by atoms with Gasteiger partial charge in [-0.2, -0.15) is 0 Å². The van der Waals surface area contributed by atoms with Crippen molar-refractivity contribution in [1.29, 1.82) is 0 Å². The smallest absolute Gasteiger partial charge is 0.254 e. The Bertz CT molecular complexity index is 628. The summed E-state index contributed by atoms with van der Waals surface area (Å²) in [5, 5.41) is 2.70. The summed E-state index contributed by atoms with van der Waals surface area (Å²) in [6, 6.07) is 12.2. The molecule has 0 bridgehead atoms. The van der Waals surface area contributed by atoms with Gasteiger partial charge in [-0.3, -0.25) is 4.79 Å². The summed E-state index contributed by atoms with van der Waals surface area (Å²) in [6.07, 6.45) is 0. The van der Waals surface area contributed by atoms with E-state index >= 15 is 0 Å². The third kappa shape index (κ3) is 3.58. The molecule has 104 valence electrons. The third-order valence-electron chi connectivity index (χ3n) is 2.97. The number of hydrogen-bond acceptors (Lipinski definition) is 1. The van der Waals surface area contributed by atoms with E-state index in [-0.39, 0.29) is 5.56 Å². The number of hydrogen-bond donors (Lipinski definition) is 1. The molecule has 0 aliphatic heterocycles. The van der Waals surface area contributed by atoms with Crippen LogP contribution in [0.3, 0.4) is 0 Å². The van der Waals surface area contributed by atoms with Crippen LogP contribution in [0.15, 0.2) is 42.5 Å². The lowest BCUT2D eigenvalue weighted by Crippen LogP contribution is -2.23. The molecule has 0 atom stereocenters. The van der Waals surface area contributed by atoms with Crippen LogP contribution in [-0.4, -0.2) is 5.91 Å². The largest absolute Gasteiger partial charge is 0.348 e. The van der Waals surface area contributed by atoms with Crippen molar-refractivity contribution in [3.63, 3.8) is 0 Å². The second-order valence-electron chi connectivity index (χ2n) is 4.62. The van der Waals surface area contributed by atoms with Crippen molar-refractivity contribution >= 4 is 17.5 Å². The van der Waals surface area contributed by atoms with Crippen LogP contribution in [0, 0.1) is 12.7 Å². The number of rotatable bonds is 4. The summed E-state index contributed by atoms with van der Waals surface area (Å²) in [6.45, 7) is 2.12. The Morgan fingerprint density at radius 2 is 1.95 bits per heavy atom. The fraction of sp³-hybridized carbons (Fsp3) is 0.188. The fourth-order valence-electron chi connectivity index (χ4n) is 1.90. The number of aryl methyl sites for hydroxylation is 1. The van der Waals surface area contributed by atoms with Crippen LogP contribution < -0.4 is 5.32 Å². The van der Waals surface area contributed by atoms with E-state index in [0.717, 1.165) is 16.7 Å². The van der Waals surface area contributed by atoms with Crippen molar-refractivity contribution in [2.24, 2.45) is 0 Å². The minimum atomic E-state index is -0.503.